The number of nitrogens with two attached hydrogens (primary N) is 1. The second kappa shape index (κ2) is 5.22. The van der Waals surface area contributed by atoms with E-state index in [9.17, 15) is 4.79 Å². The number of aromatic nitrogens is 1. The van der Waals surface area contributed by atoms with E-state index in [2.05, 4.69) is 20.9 Å². The maximum Gasteiger partial charge on any atom is 0.276 e. The van der Waals surface area contributed by atoms with Gasteiger partial charge in [-0.25, -0.2) is 0 Å². The topological polar surface area (TPSA) is 69.1 Å². The van der Waals surface area contributed by atoms with Crippen LogP contribution in [-0.2, 0) is 0 Å². The number of halogens is 1. The zero-order chi connectivity index (χ0) is 14.1. The molecule has 100 valence electrons. The van der Waals surface area contributed by atoms with E-state index in [1.807, 2.05) is 22.9 Å². The third-order valence-corrected chi connectivity index (χ3v) is 4.16. The first kappa shape index (κ1) is 13.1. The quantitative estimate of drug-likeness (QED) is 0.715. The Bertz CT molecular complexity index is 812. The molecule has 6 heteroatoms. The fourth-order valence-electron chi connectivity index (χ4n) is 1.95. The highest BCUT2D eigenvalue weighted by molar-refractivity contribution is 9.10. The zero-order valence-corrected chi connectivity index (χ0v) is 12.6. The van der Waals surface area contributed by atoms with Crippen molar-refractivity contribution < 1.29 is 4.42 Å². The molecular weight excluding hydrogens is 340 g/mol. The van der Waals surface area contributed by atoms with E-state index >= 15 is 0 Å². The van der Waals surface area contributed by atoms with Crippen molar-refractivity contribution in [3.05, 3.63) is 56.1 Å². The monoisotopic (exact) mass is 348 g/mol. The Labute approximate surface area is 127 Å². The summed E-state index contributed by atoms with van der Waals surface area (Å²) >= 11 is 5.10. The molecule has 0 aliphatic heterocycles. The lowest BCUT2D eigenvalue weighted by Crippen LogP contribution is -2.05. The SMILES string of the molecule is Nc1ccc(Br)c(-c2ccsc2)c1-c1nc(=O)cco1. The molecule has 0 aliphatic carbocycles. The van der Waals surface area contributed by atoms with Crippen LogP contribution in [0.4, 0.5) is 5.69 Å². The molecule has 3 aromatic rings. The van der Waals surface area contributed by atoms with Gasteiger partial charge in [0.15, 0.2) is 0 Å². The Balaban J connectivity index is 2.35. The van der Waals surface area contributed by atoms with Crippen molar-refractivity contribution in [2.24, 2.45) is 0 Å². The maximum atomic E-state index is 11.4. The minimum absolute atomic E-state index is 0.220. The van der Waals surface area contributed by atoms with Gasteiger partial charge in [-0.05, 0) is 34.5 Å². The normalized spacial score (nSPS) is 10.7. The van der Waals surface area contributed by atoms with Gasteiger partial charge >= 0.3 is 0 Å². The molecule has 2 N–H and O–H groups in total. The first-order valence-corrected chi connectivity index (χ1v) is 7.47. The van der Waals surface area contributed by atoms with Gasteiger partial charge in [0.05, 0.1) is 11.8 Å². The smallest absolute Gasteiger partial charge is 0.276 e. The average Bonchev–Trinajstić information content (AvgIpc) is 2.94. The Hall–Kier alpha value is -1.92. The van der Waals surface area contributed by atoms with Gasteiger partial charge in [-0.15, -0.1) is 0 Å². The van der Waals surface area contributed by atoms with E-state index in [-0.39, 0.29) is 11.4 Å². The molecule has 0 saturated carbocycles. The summed E-state index contributed by atoms with van der Waals surface area (Å²) in [6, 6.07) is 6.87. The number of benzene rings is 1. The highest BCUT2D eigenvalue weighted by atomic mass is 79.9. The molecule has 4 nitrogen and oxygen atoms in total. The molecule has 0 aliphatic rings. The van der Waals surface area contributed by atoms with E-state index in [4.69, 9.17) is 10.2 Å². The summed E-state index contributed by atoms with van der Waals surface area (Å²) in [5.41, 5.74) is 8.70. The van der Waals surface area contributed by atoms with Gasteiger partial charge in [0, 0.05) is 21.8 Å². The van der Waals surface area contributed by atoms with E-state index in [0.717, 1.165) is 15.6 Å². The second-order valence-electron chi connectivity index (χ2n) is 4.07. The average molecular weight is 349 g/mol. The van der Waals surface area contributed by atoms with Crippen molar-refractivity contribution >= 4 is 33.0 Å². The summed E-state index contributed by atoms with van der Waals surface area (Å²) < 4.78 is 6.23. The van der Waals surface area contributed by atoms with Crippen molar-refractivity contribution in [1.29, 1.82) is 0 Å². The predicted octanol–water partition coefficient (Wildman–Crippen LogP) is 3.78. The van der Waals surface area contributed by atoms with Crippen molar-refractivity contribution in [1.82, 2.24) is 4.98 Å². The molecule has 2 aromatic heterocycles. The summed E-state index contributed by atoms with van der Waals surface area (Å²) in [4.78, 5) is 15.3. The molecule has 0 unspecified atom stereocenters. The van der Waals surface area contributed by atoms with Gasteiger partial charge in [0.2, 0.25) is 5.89 Å². The molecule has 0 amide bonds. The molecule has 0 atom stereocenters. The number of nitrogens with zero attached hydrogens (tertiary/aromatic N) is 1. The van der Waals surface area contributed by atoms with Crippen LogP contribution in [0.2, 0.25) is 0 Å². The number of rotatable bonds is 2. The third-order valence-electron chi connectivity index (χ3n) is 2.81. The van der Waals surface area contributed by atoms with Crippen LogP contribution in [0, 0.1) is 0 Å². The van der Waals surface area contributed by atoms with Crippen LogP contribution in [0.5, 0.6) is 0 Å². The Morgan fingerprint density at radius 3 is 2.75 bits per heavy atom. The summed E-state index contributed by atoms with van der Waals surface area (Å²) in [7, 11) is 0. The van der Waals surface area contributed by atoms with Crippen LogP contribution in [0.1, 0.15) is 0 Å². The standard InChI is InChI=1S/C14H9BrN2O2S/c15-9-1-2-10(16)13(12(9)8-4-6-20-7-8)14-17-11(18)3-5-19-14/h1-7H,16H2. The fraction of sp³-hybridized carbons (Fsp3) is 0. The van der Waals surface area contributed by atoms with E-state index in [1.165, 1.54) is 12.3 Å². The van der Waals surface area contributed by atoms with Crippen LogP contribution >= 0.6 is 27.3 Å². The lowest BCUT2D eigenvalue weighted by molar-refractivity contribution is 0.542. The molecule has 0 fully saturated rings. The number of hydrogen-bond acceptors (Lipinski definition) is 5. The Morgan fingerprint density at radius 2 is 2.05 bits per heavy atom. The van der Waals surface area contributed by atoms with Gasteiger partial charge in [-0.3, -0.25) is 4.79 Å². The Kier molecular flexibility index (Phi) is 3.42. The fourth-order valence-corrected chi connectivity index (χ4v) is 3.15. The van der Waals surface area contributed by atoms with Crippen molar-refractivity contribution in [2.45, 2.75) is 0 Å². The van der Waals surface area contributed by atoms with Crippen LogP contribution in [0.3, 0.4) is 0 Å². The number of hydrogen-bond donors (Lipinski definition) is 1. The highest BCUT2D eigenvalue weighted by Gasteiger charge is 2.18. The van der Waals surface area contributed by atoms with Crippen molar-refractivity contribution in [3.8, 4) is 22.6 Å². The summed E-state index contributed by atoms with van der Waals surface area (Å²) in [5.74, 6) is 0.220. The lowest BCUT2D eigenvalue weighted by Gasteiger charge is -2.11. The number of thiophene rings is 1. The van der Waals surface area contributed by atoms with Crippen LogP contribution in [-0.4, -0.2) is 4.98 Å². The van der Waals surface area contributed by atoms with Gasteiger partial charge in [-0.1, -0.05) is 15.9 Å². The summed E-state index contributed by atoms with van der Waals surface area (Å²) in [6.45, 7) is 0. The van der Waals surface area contributed by atoms with E-state index in [1.54, 1.807) is 17.4 Å². The summed E-state index contributed by atoms with van der Waals surface area (Å²) in [6.07, 6.45) is 1.32. The maximum absolute atomic E-state index is 11.4. The molecule has 1 aromatic carbocycles. The molecular formula is C14H9BrN2O2S. The van der Waals surface area contributed by atoms with Crippen LogP contribution in [0.15, 0.2) is 55.0 Å². The highest BCUT2D eigenvalue weighted by Crippen LogP contribution is 2.41. The first-order valence-electron chi connectivity index (χ1n) is 5.73. The van der Waals surface area contributed by atoms with Gasteiger partial charge in [0.25, 0.3) is 5.56 Å². The van der Waals surface area contributed by atoms with Crippen molar-refractivity contribution in [2.75, 3.05) is 5.73 Å². The van der Waals surface area contributed by atoms with Gasteiger partial charge in [0.1, 0.15) is 0 Å². The molecule has 0 bridgehead atoms. The van der Waals surface area contributed by atoms with Gasteiger partial charge < -0.3 is 10.2 Å². The first-order chi connectivity index (χ1) is 9.66. The van der Waals surface area contributed by atoms with Gasteiger partial charge in [-0.2, -0.15) is 16.3 Å². The van der Waals surface area contributed by atoms with E-state index < -0.39 is 0 Å². The molecule has 0 saturated heterocycles. The molecule has 3 rings (SSSR count). The van der Waals surface area contributed by atoms with Crippen LogP contribution < -0.4 is 11.3 Å². The molecule has 0 spiro atoms. The molecule has 2 heterocycles. The third kappa shape index (κ3) is 2.28. The largest absolute Gasteiger partial charge is 0.446 e. The predicted molar refractivity (Wildman–Crippen MR) is 83.6 cm³/mol. The zero-order valence-electron chi connectivity index (χ0n) is 10.2. The molecule has 20 heavy (non-hydrogen) atoms. The number of anilines is 1. The minimum atomic E-state index is -0.359. The lowest BCUT2D eigenvalue weighted by atomic mass is 10.0. The Morgan fingerprint density at radius 1 is 1.20 bits per heavy atom. The minimum Gasteiger partial charge on any atom is -0.446 e. The van der Waals surface area contributed by atoms with Crippen molar-refractivity contribution in [3.63, 3.8) is 0 Å². The van der Waals surface area contributed by atoms with E-state index in [0.29, 0.717) is 11.3 Å². The van der Waals surface area contributed by atoms with Crippen LogP contribution in [0.25, 0.3) is 22.6 Å². The second-order valence-corrected chi connectivity index (χ2v) is 5.71. The molecule has 0 radical (unpaired) electrons. The summed E-state index contributed by atoms with van der Waals surface area (Å²) in [5, 5.41) is 3.98. The number of nitrogen functional groups attached to an aromatic ring is 1.